The Kier molecular flexibility index (Phi) is 4.17. The molecule has 0 bridgehead atoms. The molecule has 0 spiro atoms. The molecule has 0 fully saturated rings. The van der Waals surface area contributed by atoms with Crippen molar-refractivity contribution in [3.05, 3.63) is 47.5 Å². The second-order valence-corrected chi connectivity index (χ2v) is 4.46. The van der Waals surface area contributed by atoms with Gasteiger partial charge in [-0.05, 0) is 50.3 Å². The highest BCUT2D eigenvalue weighted by Gasteiger charge is 2.18. The fourth-order valence-electron chi connectivity index (χ4n) is 2.47. The monoisotopic (exact) mass is 215 g/mol. The molecule has 0 aromatic heterocycles. The van der Waals surface area contributed by atoms with Crippen LogP contribution >= 0.6 is 0 Å². The van der Waals surface area contributed by atoms with E-state index in [0.29, 0.717) is 6.04 Å². The van der Waals surface area contributed by atoms with Crippen molar-refractivity contribution in [1.29, 1.82) is 0 Å². The maximum atomic E-state index is 3.66. The molecule has 0 amide bonds. The highest BCUT2D eigenvalue weighted by molar-refractivity contribution is 5.32. The molecule has 1 aliphatic rings. The van der Waals surface area contributed by atoms with Gasteiger partial charge < -0.3 is 5.32 Å². The lowest BCUT2D eigenvalue weighted by atomic mass is 9.88. The molecule has 1 aliphatic carbocycles. The molecule has 86 valence electrons. The number of aryl methyl sites for hydroxylation is 1. The molecule has 1 aromatic rings. The fraction of sp³-hybridized carbons (Fsp3) is 0.467. The number of allylic oxidation sites excluding steroid dienone is 1. The molecule has 1 unspecified atom stereocenters. The minimum Gasteiger partial charge on any atom is -0.310 e. The van der Waals surface area contributed by atoms with Crippen LogP contribution in [0.2, 0.25) is 0 Å². The summed E-state index contributed by atoms with van der Waals surface area (Å²) in [5.74, 6) is 0. The Hall–Kier alpha value is -1.08. The average molecular weight is 215 g/mol. The van der Waals surface area contributed by atoms with E-state index < -0.39 is 0 Å². The van der Waals surface area contributed by atoms with E-state index in [0.717, 1.165) is 13.0 Å². The third-order valence-electron chi connectivity index (χ3n) is 3.31. The Morgan fingerprint density at radius 3 is 3.12 bits per heavy atom. The largest absolute Gasteiger partial charge is 0.310 e. The van der Waals surface area contributed by atoms with E-state index >= 15 is 0 Å². The standard InChI is InChI=1S/C15H21N/c1-2-3-6-12-16-15-11-7-9-13-8-4-5-10-14(13)15/h2-5,8,10,15-16H,6-7,9,11-12H2,1H3/b3-2+. The summed E-state index contributed by atoms with van der Waals surface area (Å²) in [4.78, 5) is 0. The maximum absolute atomic E-state index is 3.66. The zero-order valence-electron chi connectivity index (χ0n) is 10.1. The molecule has 1 aromatic carbocycles. The molecule has 16 heavy (non-hydrogen) atoms. The van der Waals surface area contributed by atoms with Crippen molar-refractivity contribution in [3.8, 4) is 0 Å². The van der Waals surface area contributed by atoms with E-state index in [1.807, 2.05) is 0 Å². The summed E-state index contributed by atoms with van der Waals surface area (Å²) in [5.41, 5.74) is 3.06. The second-order valence-electron chi connectivity index (χ2n) is 4.46. The molecule has 0 saturated heterocycles. The quantitative estimate of drug-likeness (QED) is 0.597. The van der Waals surface area contributed by atoms with Gasteiger partial charge in [-0.3, -0.25) is 0 Å². The second kappa shape index (κ2) is 5.86. The van der Waals surface area contributed by atoms with E-state index in [1.165, 1.54) is 30.4 Å². The van der Waals surface area contributed by atoms with Crippen molar-refractivity contribution >= 4 is 0 Å². The molecule has 1 heteroatoms. The van der Waals surface area contributed by atoms with Crippen molar-refractivity contribution in [2.75, 3.05) is 6.54 Å². The van der Waals surface area contributed by atoms with Crippen LogP contribution in [-0.2, 0) is 6.42 Å². The molecular weight excluding hydrogens is 194 g/mol. The molecule has 2 rings (SSSR count). The maximum Gasteiger partial charge on any atom is 0.0323 e. The summed E-state index contributed by atoms with van der Waals surface area (Å²) in [7, 11) is 0. The van der Waals surface area contributed by atoms with Crippen LogP contribution in [0.15, 0.2) is 36.4 Å². The first-order valence-electron chi connectivity index (χ1n) is 6.34. The first-order valence-corrected chi connectivity index (χ1v) is 6.34. The van der Waals surface area contributed by atoms with Gasteiger partial charge in [0.1, 0.15) is 0 Å². The minimum absolute atomic E-state index is 0.579. The van der Waals surface area contributed by atoms with Gasteiger partial charge in [0.15, 0.2) is 0 Å². The molecule has 0 radical (unpaired) electrons. The lowest BCUT2D eigenvalue weighted by molar-refractivity contribution is 0.464. The van der Waals surface area contributed by atoms with Crippen LogP contribution in [0.4, 0.5) is 0 Å². The van der Waals surface area contributed by atoms with Gasteiger partial charge >= 0.3 is 0 Å². The van der Waals surface area contributed by atoms with Gasteiger partial charge in [0, 0.05) is 6.04 Å². The lowest BCUT2D eigenvalue weighted by Gasteiger charge is -2.26. The normalized spacial score (nSPS) is 19.9. The van der Waals surface area contributed by atoms with Gasteiger partial charge in [-0.15, -0.1) is 0 Å². The molecule has 1 atom stereocenters. The number of hydrogen-bond acceptors (Lipinski definition) is 1. The van der Waals surface area contributed by atoms with Crippen LogP contribution in [0, 0.1) is 0 Å². The van der Waals surface area contributed by atoms with Gasteiger partial charge in [0.05, 0.1) is 0 Å². The van der Waals surface area contributed by atoms with E-state index in [4.69, 9.17) is 0 Å². The van der Waals surface area contributed by atoms with Crippen LogP contribution in [0.3, 0.4) is 0 Å². The first-order chi connectivity index (χ1) is 7.92. The Labute approximate surface area is 98.6 Å². The molecule has 0 aliphatic heterocycles. The number of benzene rings is 1. The van der Waals surface area contributed by atoms with Gasteiger partial charge in [-0.25, -0.2) is 0 Å². The molecular formula is C15H21N. The summed E-state index contributed by atoms with van der Waals surface area (Å²) in [6, 6.07) is 9.44. The highest BCUT2D eigenvalue weighted by atomic mass is 14.9. The third-order valence-corrected chi connectivity index (χ3v) is 3.31. The third kappa shape index (κ3) is 2.73. The van der Waals surface area contributed by atoms with Crippen LogP contribution in [0.5, 0.6) is 0 Å². The topological polar surface area (TPSA) is 12.0 Å². The Balaban J connectivity index is 1.96. The van der Waals surface area contributed by atoms with E-state index in [9.17, 15) is 0 Å². The molecule has 0 saturated carbocycles. The van der Waals surface area contributed by atoms with Crippen molar-refractivity contribution in [2.45, 2.75) is 38.6 Å². The highest BCUT2D eigenvalue weighted by Crippen LogP contribution is 2.29. The predicted octanol–water partition coefficient (Wildman–Crippen LogP) is 3.62. The Bertz CT molecular complexity index is 354. The SMILES string of the molecule is C/C=C/CCNC1CCCc2ccccc21. The summed E-state index contributed by atoms with van der Waals surface area (Å²) >= 11 is 0. The van der Waals surface area contributed by atoms with Crippen LogP contribution < -0.4 is 5.32 Å². The number of hydrogen-bond donors (Lipinski definition) is 1. The van der Waals surface area contributed by atoms with Gasteiger partial charge in [-0.1, -0.05) is 36.4 Å². The average Bonchev–Trinajstić information content (AvgIpc) is 2.35. The van der Waals surface area contributed by atoms with E-state index in [-0.39, 0.29) is 0 Å². The molecule has 1 nitrogen and oxygen atoms in total. The summed E-state index contributed by atoms with van der Waals surface area (Å²) in [5, 5.41) is 3.66. The van der Waals surface area contributed by atoms with Crippen LogP contribution in [0.25, 0.3) is 0 Å². The van der Waals surface area contributed by atoms with Crippen LogP contribution in [-0.4, -0.2) is 6.54 Å². The molecule has 1 N–H and O–H groups in total. The molecule has 0 heterocycles. The first kappa shape index (κ1) is 11.4. The zero-order valence-corrected chi connectivity index (χ0v) is 10.1. The van der Waals surface area contributed by atoms with Crippen molar-refractivity contribution in [3.63, 3.8) is 0 Å². The Morgan fingerprint density at radius 1 is 1.38 bits per heavy atom. The summed E-state index contributed by atoms with van der Waals surface area (Å²) in [6.07, 6.45) is 9.34. The van der Waals surface area contributed by atoms with Gasteiger partial charge in [0.2, 0.25) is 0 Å². The smallest absolute Gasteiger partial charge is 0.0323 e. The van der Waals surface area contributed by atoms with Crippen molar-refractivity contribution in [1.82, 2.24) is 5.32 Å². The number of fused-ring (bicyclic) bond motifs is 1. The van der Waals surface area contributed by atoms with Crippen molar-refractivity contribution in [2.24, 2.45) is 0 Å². The number of rotatable bonds is 4. The van der Waals surface area contributed by atoms with E-state index in [2.05, 4.69) is 48.7 Å². The van der Waals surface area contributed by atoms with Gasteiger partial charge in [-0.2, -0.15) is 0 Å². The fourth-order valence-corrected chi connectivity index (χ4v) is 2.47. The Morgan fingerprint density at radius 2 is 2.25 bits per heavy atom. The van der Waals surface area contributed by atoms with Crippen molar-refractivity contribution < 1.29 is 0 Å². The minimum atomic E-state index is 0.579. The summed E-state index contributed by atoms with van der Waals surface area (Å²) < 4.78 is 0. The van der Waals surface area contributed by atoms with E-state index in [1.54, 1.807) is 0 Å². The zero-order chi connectivity index (χ0) is 11.2. The summed E-state index contributed by atoms with van der Waals surface area (Å²) in [6.45, 7) is 3.17. The van der Waals surface area contributed by atoms with Gasteiger partial charge in [0.25, 0.3) is 0 Å². The number of nitrogens with one attached hydrogen (secondary N) is 1. The van der Waals surface area contributed by atoms with Crippen LogP contribution in [0.1, 0.15) is 43.4 Å². The predicted molar refractivity (Wildman–Crippen MR) is 69.6 cm³/mol. The lowest BCUT2D eigenvalue weighted by Crippen LogP contribution is -2.25.